The molecule has 0 saturated heterocycles. The largest absolute Gasteiger partial charge is 0.323 e. The fourth-order valence-electron chi connectivity index (χ4n) is 3.44. The van der Waals surface area contributed by atoms with Crippen LogP contribution in [0.4, 0.5) is 5.69 Å². The number of hydrogen-bond donors (Lipinski definition) is 1. The average molecular weight is 403 g/mol. The van der Waals surface area contributed by atoms with E-state index < -0.39 is 6.04 Å². The topological polar surface area (TPSA) is 76.9 Å². The first-order chi connectivity index (χ1) is 13.0. The molecular formula is C19H19ClN4O2S. The number of nitrogens with one attached hydrogen (secondary N) is 1. The van der Waals surface area contributed by atoms with Crippen LogP contribution in [0.15, 0.2) is 29.1 Å². The summed E-state index contributed by atoms with van der Waals surface area (Å²) in [5, 5.41) is 12.1. The third-order valence-corrected chi connectivity index (χ3v) is 6.49. The number of para-hydroxylation sites is 1. The molecule has 0 radical (unpaired) electrons. The van der Waals surface area contributed by atoms with Crippen LogP contribution in [0.25, 0.3) is 10.2 Å². The minimum atomic E-state index is -0.802. The molecule has 0 unspecified atom stereocenters. The summed E-state index contributed by atoms with van der Waals surface area (Å²) in [7, 11) is 0. The molecule has 1 aliphatic carbocycles. The van der Waals surface area contributed by atoms with Gasteiger partial charge in [0.2, 0.25) is 5.91 Å². The molecule has 1 amide bonds. The van der Waals surface area contributed by atoms with Crippen molar-refractivity contribution in [1.29, 1.82) is 0 Å². The van der Waals surface area contributed by atoms with Crippen LogP contribution in [-0.4, -0.2) is 20.9 Å². The van der Waals surface area contributed by atoms with E-state index in [0.717, 1.165) is 24.8 Å². The minimum Gasteiger partial charge on any atom is -0.323 e. The van der Waals surface area contributed by atoms with E-state index in [2.05, 4.69) is 22.6 Å². The van der Waals surface area contributed by atoms with E-state index >= 15 is 0 Å². The summed E-state index contributed by atoms with van der Waals surface area (Å²) < 4.78 is 1.17. The van der Waals surface area contributed by atoms with E-state index in [-0.39, 0.29) is 11.5 Å². The molecule has 27 heavy (non-hydrogen) atoms. The predicted molar refractivity (Wildman–Crippen MR) is 108 cm³/mol. The zero-order valence-corrected chi connectivity index (χ0v) is 16.6. The molecule has 1 aliphatic rings. The molecule has 140 valence electrons. The third-order valence-electron chi connectivity index (χ3n) is 5.02. The van der Waals surface area contributed by atoms with E-state index in [9.17, 15) is 9.59 Å². The number of aromatic nitrogens is 3. The van der Waals surface area contributed by atoms with Crippen molar-refractivity contribution in [2.24, 2.45) is 5.92 Å². The summed E-state index contributed by atoms with van der Waals surface area (Å²) in [5.41, 5.74) is 1.33. The van der Waals surface area contributed by atoms with Crippen molar-refractivity contribution in [3.8, 4) is 0 Å². The van der Waals surface area contributed by atoms with Crippen LogP contribution in [-0.2, 0) is 17.6 Å². The number of fused-ring (bicyclic) bond motifs is 3. The van der Waals surface area contributed by atoms with E-state index in [1.807, 2.05) is 0 Å². The quantitative estimate of drug-likeness (QED) is 0.722. The summed E-state index contributed by atoms with van der Waals surface area (Å²) in [6.45, 7) is 3.85. The van der Waals surface area contributed by atoms with Gasteiger partial charge in [-0.2, -0.15) is 4.68 Å². The smallest absolute Gasteiger partial charge is 0.279 e. The van der Waals surface area contributed by atoms with Gasteiger partial charge in [0.15, 0.2) is 4.83 Å². The van der Waals surface area contributed by atoms with Crippen molar-refractivity contribution in [2.45, 2.75) is 39.2 Å². The maximum absolute atomic E-state index is 13.1. The second-order valence-electron chi connectivity index (χ2n) is 7.02. The number of anilines is 1. The molecule has 2 atom stereocenters. The summed E-state index contributed by atoms with van der Waals surface area (Å²) >= 11 is 7.64. The van der Waals surface area contributed by atoms with Gasteiger partial charge in [-0.05, 0) is 49.8 Å². The van der Waals surface area contributed by atoms with Gasteiger partial charge in [-0.3, -0.25) is 9.59 Å². The Morgan fingerprint density at radius 1 is 1.41 bits per heavy atom. The highest BCUT2D eigenvalue weighted by Crippen LogP contribution is 2.35. The Balaban J connectivity index is 1.69. The fourth-order valence-corrected chi connectivity index (χ4v) is 4.94. The number of hydrogen-bond acceptors (Lipinski definition) is 5. The van der Waals surface area contributed by atoms with E-state index in [0.29, 0.717) is 26.8 Å². The lowest BCUT2D eigenvalue weighted by Gasteiger charge is -2.18. The van der Waals surface area contributed by atoms with Crippen molar-refractivity contribution in [1.82, 2.24) is 15.0 Å². The number of thiophene rings is 1. The molecule has 0 bridgehead atoms. The first kappa shape index (κ1) is 18.1. The third kappa shape index (κ3) is 3.26. The van der Waals surface area contributed by atoms with Gasteiger partial charge < -0.3 is 5.32 Å². The molecule has 2 heterocycles. The number of amides is 1. The monoisotopic (exact) mass is 402 g/mol. The second kappa shape index (κ2) is 7.05. The number of halogens is 1. The van der Waals surface area contributed by atoms with E-state index in [4.69, 9.17) is 11.6 Å². The molecule has 0 aliphatic heterocycles. The van der Waals surface area contributed by atoms with Crippen LogP contribution in [0, 0.1) is 5.92 Å². The lowest BCUT2D eigenvalue weighted by Crippen LogP contribution is -2.34. The normalized spacial score (nSPS) is 17.5. The lowest BCUT2D eigenvalue weighted by molar-refractivity contribution is -0.119. The van der Waals surface area contributed by atoms with Crippen molar-refractivity contribution in [3.63, 3.8) is 0 Å². The number of carbonyl (C=O) groups is 1. The summed E-state index contributed by atoms with van der Waals surface area (Å²) in [6.07, 6.45) is 2.90. The van der Waals surface area contributed by atoms with Crippen LogP contribution < -0.4 is 10.9 Å². The SMILES string of the molecule is C[C@@H]1CCc2c(sc3nnn([C@@H](C)C(=O)Nc4ccccc4Cl)c(=O)c23)C1. The summed E-state index contributed by atoms with van der Waals surface area (Å²) in [6, 6.07) is 6.16. The number of rotatable bonds is 3. The predicted octanol–water partition coefficient (Wildman–Crippen LogP) is 3.83. The Hall–Kier alpha value is -2.25. The standard InChI is InChI=1S/C19H19ClN4O2S/c1-10-7-8-12-15(9-10)27-18-16(12)19(26)24(23-22-18)11(2)17(25)21-14-6-4-3-5-13(14)20/h3-6,10-11H,7-9H2,1-2H3,(H,21,25)/t10-,11+/m1/s1. The highest BCUT2D eigenvalue weighted by atomic mass is 35.5. The maximum Gasteiger partial charge on any atom is 0.279 e. The molecule has 6 nitrogen and oxygen atoms in total. The zero-order chi connectivity index (χ0) is 19.1. The lowest BCUT2D eigenvalue weighted by atomic mass is 9.89. The highest BCUT2D eigenvalue weighted by Gasteiger charge is 2.26. The van der Waals surface area contributed by atoms with E-state index in [1.165, 1.54) is 9.56 Å². The van der Waals surface area contributed by atoms with Gasteiger partial charge in [-0.15, -0.1) is 16.4 Å². The van der Waals surface area contributed by atoms with Gasteiger partial charge in [-0.25, -0.2) is 0 Å². The molecule has 0 saturated carbocycles. The maximum atomic E-state index is 13.1. The van der Waals surface area contributed by atoms with Gasteiger partial charge in [-0.1, -0.05) is 35.9 Å². The molecule has 2 aromatic heterocycles. The highest BCUT2D eigenvalue weighted by molar-refractivity contribution is 7.18. The Bertz CT molecular complexity index is 1090. The molecule has 4 rings (SSSR count). The molecular weight excluding hydrogens is 384 g/mol. The van der Waals surface area contributed by atoms with Crippen molar-refractivity contribution in [3.05, 3.63) is 50.1 Å². The van der Waals surface area contributed by atoms with Crippen LogP contribution in [0.1, 0.15) is 36.8 Å². The Morgan fingerprint density at radius 2 is 2.19 bits per heavy atom. The zero-order valence-electron chi connectivity index (χ0n) is 15.0. The molecule has 0 spiro atoms. The molecule has 1 aromatic carbocycles. The van der Waals surface area contributed by atoms with Crippen LogP contribution in [0.3, 0.4) is 0 Å². The van der Waals surface area contributed by atoms with Crippen LogP contribution in [0.5, 0.6) is 0 Å². The number of nitrogens with zero attached hydrogens (tertiary/aromatic N) is 3. The van der Waals surface area contributed by atoms with Gasteiger partial charge in [0.05, 0.1) is 16.1 Å². The van der Waals surface area contributed by atoms with Crippen molar-refractivity contribution >= 4 is 44.7 Å². The second-order valence-corrected chi connectivity index (χ2v) is 8.51. The summed E-state index contributed by atoms with van der Waals surface area (Å²) in [5.74, 6) is 0.248. The Morgan fingerprint density at radius 3 is 2.96 bits per heavy atom. The van der Waals surface area contributed by atoms with Crippen molar-refractivity contribution in [2.75, 3.05) is 5.32 Å². The van der Waals surface area contributed by atoms with Crippen LogP contribution in [0.2, 0.25) is 5.02 Å². The van der Waals surface area contributed by atoms with Gasteiger partial charge in [0, 0.05) is 4.88 Å². The minimum absolute atomic E-state index is 0.256. The molecule has 1 N–H and O–H groups in total. The first-order valence-corrected chi connectivity index (χ1v) is 10.1. The summed E-state index contributed by atoms with van der Waals surface area (Å²) in [4.78, 5) is 27.6. The number of aryl methyl sites for hydroxylation is 1. The number of carbonyl (C=O) groups excluding carboxylic acids is 1. The van der Waals surface area contributed by atoms with Crippen molar-refractivity contribution < 1.29 is 4.79 Å². The van der Waals surface area contributed by atoms with Gasteiger partial charge in [0.25, 0.3) is 5.56 Å². The molecule has 8 heteroatoms. The number of benzene rings is 1. The fraction of sp³-hybridized carbons (Fsp3) is 0.368. The van der Waals surface area contributed by atoms with E-state index in [1.54, 1.807) is 42.5 Å². The van der Waals surface area contributed by atoms with Gasteiger partial charge in [0.1, 0.15) is 6.04 Å². The Labute approximate surface area is 165 Å². The van der Waals surface area contributed by atoms with Gasteiger partial charge >= 0.3 is 0 Å². The molecule has 0 fully saturated rings. The molecule has 3 aromatic rings. The Kier molecular flexibility index (Phi) is 4.74. The average Bonchev–Trinajstić information content (AvgIpc) is 3.01. The van der Waals surface area contributed by atoms with Crippen LogP contribution >= 0.6 is 22.9 Å². The first-order valence-electron chi connectivity index (χ1n) is 8.91.